The molecule has 1 amide bonds. The van der Waals surface area contributed by atoms with Gasteiger partial charge in [-0.15, -0.1) is 0 Å². The minimum Gasteiger partial charge on any atom is -0.392 e. The van der Waals surface area contributed by atoms with Gasteiger partial charge in [-0.3, -0.25) is 4.79 Å². The number of fused-ring (bicyclic) bond motifs is 1. The second kappa shape index (κ2) is 6.08. The summed E-state index contributed by atoms with van der Waals surface area (Å²) in [5.74, 6) is -0.0782. The van der Waals surface area contributed by atoms with Crippen LogP contribution >= 0.6 is 0 Å². The third-order valence-corrected chi connectivity index (χ3v) is 3.78. The summed E-state index contributed by atoms with van der Waals surface area (Å²) in [6, 6.07) is 13.1. The molecule has 0 aromatic heterocycles. The molecule has 21 heavy (non-hydrogen) atoms. The highest BCUT2D eigenvalue weighted by molar-refractivity contribution is 6.05. The molecule has 0 aliphatic carbocycles. The zero-order valence-electron chi connectivity index (χ0n) is 11.7. The number of carbonyl (C=O) groups excluding carboxylic acids is 1. The lowest BCUT2D eigenvalue weighted by Gasteiger charge is -2.20. The smallest absolute Gasteiger partial charge is 0.255 e. The summed E-state index contributed by atoms with van der Waals surface area (Å²) in [5.41, 5.74) is 4.66. The van der Waals surface area contributed by atoms with Gasteiger partial charge in [0.2, 0.25) is 0 Å². The van der Waals surface area contributed by atoms with Crippen LogP contribution in [-0.2, 0) is 19.6 Å². The molecule has 4 heteroatoms. The molecule has 0 saturated heterocycles. The topological polar surface area (TPSA) is 61.4 Å². The third-order valence-electron chi connectivity index (χ3n) is 3.78. The molecular formula is C17H18N2O2. The lowest BCUT2D eigenvalue weighted by atomic mass is 9.95. The van der Waals surface area contributed by atoms with Gasteiger partial charge in [-0.25, -0.2) is 0 Å². The maximum Gasteiger partial charge on any atom is 0.255 e. The van der Waals surface area contributed by atoms with Crippen LogP contribution in [0.15, 0.2) is 42.5 Å². The first-order chi connectivity index (χ1) is 10.3. The zero-order chi connectivity index (χ0) is 14.7. The van der Waals surface area contributed by atoms with Crippen LogP contribution in [0.3, 0.4) is 0 Å². The molecule has 1 heterocycles. The molecule has 0 atom stereocenters. The van der Waals surface area contributed by atoms with Gasteiger partial charge in [0.1, 0.15) is 0 Å². The van der Waals surface area contributed by atoms with Crippen molar-refractivity contribution in [1.82, 2.24) is 5.32 Å². The summed E-state index contributed by atoms with van der Waals surface area (Å²) in [6.45, 7) is 1.73. The van der Waals surface area contributed by atoms with Gasteiger partial charge in [-0.2, -0.15) is 0 Å². The molecule has 0 fully saturated rings. The predicted octanol–water partition coefficient (Wildman–Crippen LogP) is 2.08. The summed E-state index contributed by atoms with van der Waals surface area (Å²) in [6.07, 6.45) is 0.877. The predicted molar refractivity (Wildman–Crippen MR) is 82.2 cm³/mol. The van der Waals surface area contributed by atoms with Crippen LogP contribution < -0.4 is 10.6 Å². The minimum absolute atomic E-state index is 0.00736. The number of nitrogens with one attached hydrogen (secondary N) is 2. The molecular weight excluding hydrogens is 264 g/mol. The number of benzene rings is 2. The van der Waals surface area contributed by atoms with Crippen LogP contribution in [0.1, 0.15) is 27.0 Å². The molecule has 108 valence electrons. The van der Waals surface area contributed by atoms with E-state index in [1.165, 1.54) is 5.56 Å². The zero-order valence-corrected chi connectivity index (χ0v) is 11.7. The Kier molecular flexibility index (Phi) is 3.99. The second-order valence-corrected chi connectivity index (χ2v) is 5.18. The summed E-state index contributed by atoms with van der Waals surface area (Å²) in [4.78, 5) is 12.5. The normalized spacial score (nSPS) is 13.6. The highest BCUT2D eigenvalue weighted by Gasteiger charge is 2.17. The second-order valence-electron chi connectivity index (χ2n) is 5.18. The quantitative estimate of drug-likeness (QED) is 0.807. The van der Waals surface area contributed by atoms with E-state index in [0.717, 1.165) is 41.9 Å². The van der Waals surface area contributed by atoms with Gasteiger partial charge in [0.15, 0.2) is 0 Å². The van der Waals surface area contributed by atoms with Crippen molar-refractivity contribution in [3.63, 3.8) is 0 Å². The van der Waals surface area contributed by atoms with Crippen molar-refractivity contribution >= 4 is 11.6 Å². The standard InChI is InChI=1S/C17H18N2O2/c20-11-12-4-6-14(7-5-12)19-17(21)16-3-1-2-13-10-18-9-8-15(13)16/h1-7,18,20H,8-11H2,(H,19,21). The molecule has 0 spiro atoms. The summed E-state index contributed by atoms with van der Waals surface area (Å²) < 4.78 is 0. The molecule has 1 aliphatic heterocycles. The SMILES string of the molecule is O=C(Nc1ccc(CO)cc1)c1cccc2c1CCNC2. The molecule has 2 aromatic rings. The molecule has 0 bridgehead atoms. The number of hydrogen-bond donors (Lipinski definition) is 3. The number of rotatable bonds is 3. The largest absolute Gasteiger partial charge is 0.392 e. The molecule has 3 N–H and O–H groups in total. The van der Waals surface area contributed by atoms with Crippen molar-refractivity contribution in [2.24, 2.45) is 0 Å². The lowest BCUT2D eigenvalue weighted by molar-refractivity contribution is 0.102. The average Bonchev–Trinajstić information content (AvgIpc) is 2.55. The highest BCUT2D eigenvalue weighted by Crippen LogP contribution is 2.20. The van der Waals surface area contributed by atoms with Gasteiger partial charge < -0.3 is 15.7 Å². The Morgan fingerprint density at radius 1 is 1.19 bits per heavy atom. The van der Waals surface area contributed by atoms with Crippen molar-refractivity contribution in [3.8, 4) is 0 Å². The fraction of sp³-hybridized carbons (Fsp3) is 0.235. The maximum absolute atomic E-state index is 12.5. The Morgan fingerprint density at radius 3 is 2.76 bits per heavy atom. The monoisotopic (exact) mass is 282 g/mol. The average molecular weight is 282 g/mol. The van der Waals surface area contributed by atoms with Gasteiger partial charge in [-0.05, 0) is 47.9 Å². The Labute approximate surface area is 123 Å². The number of aliphatic hydroxyl groups excluding tert-OH is 1. The van der Waals surface area contributed by atoms with Gasteiger partial charge in [0.25, 0.3) is 5.91 Å². The molecule has 4 nitrogen and oxygen atoms in total. The highest BCUT2D eigenvalue weighted by atomic mass is 16.3. The molecule has 2 aromatic carbocycles. The van der Waals surface area contributed by atoms with Crippen molar-refractivity contribution in [2.45, 2.75) is 19.6 Å². The van der Waals surface area contributed by atoms with Crippen LogP contribution in [0.4, 0.5) is 5.69 Å². The van der Waals surface area contributed by atoms with Crippen molar-refractivity contribution in [1.29, 1.82) is 0 Å². The Hall–Kier alpha value is -2.17. The van der Waals surface area contributed by atoms with Crippen LogP contribution in [0.5, 0.6) is 0 Å². The van der Waals surface area contributed by atoms with Gasteiger partial charge >= 0.3 is 0 Å². The Bertz CT molecular complexity index is 650. The van der Waals surface area contributed by atoms with E-state index in [9.17, 15) is 4.79 Å². The molecule has 0 saturated carbocycles. The Morgan fingerprint density at radius 2 is 2.00 bits per heavy atom. The lowest BCUT2D eigenvalue weighted by Crippen LogP contribution is -2.26. The minimum atomic E-state index is -0.0782. The Balaban J connectivity index is 1.82. The summed E-state index contributed by atoms with van der Waals surface area (Å²) in [7, 11) is 0. The van der Waals surface area contributed by atoms with E-state index >= 15 is 0 Å². The van der Waals surface area contributed by atoms with E-state index in [2.05, 4.69) is 16.7 Å². The van der Waals surface area contributed by atoms with Crippen molar-refractivity contribution in [3.05, 3.63) is 64.7 Å². The van der Waals surface area contributed by atoms with Gasteiger partial charge in [0.05, 0.1) is 6.61 Å². The van der Waals surface area contributed by atoms with Crippen molar-refractivity contribution in [2.75, 3.05) is 11.9 Å². The fourth-order valence-corrected chi connectivity index (χ4v) is 2.64. The van der Waals surface area contributed by atoms with Crippen molar-refractivity contribution < 1.29 is 9.90 Å². The molecule has 1 aliphatic rings. The van der Waals surface area contributed by atoms with Gasteiger partial charge in [0, 0.05) is 17.8 Å². The number of carbonyl (C=O) groups is 1. The van der Waals surface area contributed by atoms with E-state index in [0.29, 0.717) is 0 Å². The van der Waals surface area contributed by atoms with Crippen LogP contribution in [0.25, 0.3) is 0 Å². The maximum atomic E-state index is 12.5. The first-order valence-electron chi connectivity index (χ1n) is 7.10. The molecule has 0 radical (unpaired) electrons. The number of amides is 1. The van der Waals surface area contributed by atoms with Crippen LogP contribution in [-0.4, -0.2) is 17.6 Å². The van der Waals surface area contributed by atoms with E-state index in [1.807, 2.05) is 12.1 Å². The number of aliphatic hydroxyl groups is 1. The first kappa shape index (κ1) is 13.8. The fourth-order valence-electron chi connectivity index (χ4n) is 2.64. The van der Waals surface area contributed by atoms with E-state index in [1.54, 1.807) is 24.3 Å². The molecule has 3 rings (SSSR count). The number of anilines is 1. The molecule has 0 unspecified atom stereocenters. The van der Waals surface area contributed by atoms with E-state index < -0.39 is 0 Å². The van der Waals surface area contributed by atoms with Crippen LogP contribution in [0.2, 0.25) is 0 Å². The van der Waals surface area contributed by atoms with E-state index in [-0.39, 0.29) is 12.5 Å². The number of hydrogen-bond acceptors (Lipinski definition) is 3. The third kappa shape index (κ3) is 2.96. The summed E-state index contributed by atoms with van der Waals surface area (Å²) in [5, 5.41) is 15.3. The van der Waals surface area contributed by atoms with Crippen LogP contribution in [0, 0.1) is 0 Å². The first-order valence-corrected chi connectivity index (χ1v) is 7.10. The van der Waals surface area contributed by atoms with Gasteiger partial charge in [-0.1, -0.05) is 24.3 Å². The summed E-state index contributed by atoms with van der Waals surface area (Å²) >= 11 is 0. The van der Waals surface area contributed by atoms with E-state index in [4.69, 9.17) is 5.11 Å².